The van der Waals surface area contributed by atoms with Crippen LogP contribution in [0.2, 0.25) is 0 Å². The molecule has 0 fully saturated rings. The zero-order valence-electron chi connectivity index (χ0n) is 22.7. The van der Waals surface area contributed by atoms with Crippen molar-refractivity contribution >= 4 is 44.5 Å². The van der Waals surface area contributed by atoms with E-state index in [4.69, 9.17) is 18.9 Å². The number of allylic oxidation sites excluding steroid dienone is 1. The largest absolute Gasteiger partial charge is 0.496 e. The molecule has 0 saturated heterocycles. The Labute approximate surface area is 225 Å². The standard InChI is InChI=1S/C31H31NO7/c1-7-8-13-23(34)38-30-29(37-17(2)33)26-22(39-31(30,3)4)16-21(36-6)25-27(26)32(5)20-15-14-18-11-9-10-12-19(18)24(20)28(25)35/h7,9-12,14-16,29-30H,1,8,13H2,2-6H3/t29-,30-/m1/s1. The molecule has 202 valence electrons. The maximum absolute atomic E-state index is 14.2. The third kappa shape index (κ3) is 4.30. The minimum absolute atomic E-state index is 0.120. The zero-order chi connectivity index (χ0) is 28.1. The maximum atomic E-state index is 14.2. The van der Waals surface area contributed by atoms with Crippen LogP contribution in [0.25, 0.3) is 32.6 Å². The SMILES string of the molecule is C=CCCC(=O)O[C@@H]1[C@H](OC(C)=O)c2c(cc(OC)c3c(=O)c4c5ccccc5ccc4n(C)c23)OC1(C)C. The fourth-order valence-electron chi connectivity index (χ4n) is 5.53. The highest BCUT2D eigenvalue weighted by atomic mass is 16.6. The summed E-state index contributed by atoms with van der Waals surface area (Å²) in [5, 5.41) is 2.63. The van der Waals surface area contributed by atoms with Crippen LogP contribution in [0.3, 0.4) is 0 Å². The number of fused-ring (bicyclic) bond motifs is 6. The molecule has 0 amide bonds. The van der Waals surface area contributed by atoms with Gasteiger partial charge in [0.15, 0.2) is 12.2 Å². The van der Waals surface area contributed by atoms with Gasteiger partial charge in [0.05, 0.1) is 34.5 Å². The van der Waals surface area contributed by atoms with Crippen LogP contribution in [-0.4, -0.2) is 35.3 Å². The lowest BCUT2D eigenvalue weighted by molar-refractivity contribution is -0.189. The number of esters is 2. The van der Waals surface area contributed by atoms with Crippen molar-refractivity contribution in [1.29, 1.82) is 0 Å². The van der Waals surface area contributed by atoms with Gasteiger partial charge < -0.3 is 23.5 Å². The first kappa shape index (κ1) is 26.3. The van der Waals surface area contributed by atoms with Gasteiger partial charge in [-0.15, -0.1) is 6.58 Å². The van der Waals surface area contributed by atoms with Gasteiger partial charge in [-0.3, -0.25) is 14.4 Å². The second-order valence-electron chi connectivity index (χ2n) is 10.3. The molecule has 1 aromatic heterocycles. The van der Waals surface area contributed by atoms with Gasteiger partial charge in [0, 0.05) is 26.5 Å². The van der Waals surface area contributed by atoms with Crippen LogP contribution in [0.4, 0.5) is 0 Å². The molecular weight excluding hydrogens is 498 g/mol. The van der Waals surface area contributed by atoms with E-state index in [0.29, 0.717) is 45.3 Å². The first-order valence-corrected chi connectivity index (χ1v) is 12.8. The van der Waals surface area contributed by atoms with Crippen LogP contribution in [0.5, 0.6) is 11.5 Å². The Balaban J connectivity index is 1.88. The molecule has 2 atom stereocenters. The van der Waals surface area contributed by atoms with Crippen LogP contribution in [0, 0.1) is 0 Å². The van der Waals surface area contributed by atoms with E-state index >= 15 is 0 Å². The average Bonchev–Trinajstić information content (AvgIpc) is 2.90. The molecule has 0 radical (unpaired) electrons. The molecule has 1 aliphatic rings. The molecule has 1 aliphatic heterocycles. The first-order chi connectivity index (χ1) is 18.6. The Morgan fingerprint density at radius 2 is 1.87 bits per heavy atom. The summed E-state index contributed by atoms with van der Waals surface area (Å²) in [5.74, 6) is -0.320. The van der Waals surface area contributed by atoms with Gasteiger partial charge in [0.1, 0.15) is 17.1 Å². The van der Waals surface area contributed by atoms with Gasteiger partial charge in [0.2, 0.25) is 5.43 Å². The predicted octanol–water partition coefficient (Wildman–Crippen LogP) is 5.51. The van der Waals surface area contributed by atoms with Gasteiger partial charge in [0.25, 0.3) is 0 Å². The fraction of sp³-hybridized carbons (Fsp3) is 0.323. The summed E-state index contributed by atoms with van der Waals surface area (Å²) in [6, 6.07) is 13.2. The summed E-state index contributed by atoms with van der Waals surface area (Å²) in [5.41, 5.74) is 0.317. The summed E-state index contributed by atoms with van der Waals surface area (Å²) in [6.07, 6.45) is 0.175. The summed E-state index contributed by atoms with van der Waals surface area (Å²) >= 11 is 0. The molecule has 0 unspecified atom stereocenters. The second-order valence-corrected chi connectivity index (χ2v) is 10.3. The quantitative estimate of drug-likeness (QED) is 0.141. The lowest BCUT2D eigenvalue weighted by Gasteiger charge is -2.43. The van der Waals surface area contributed by atoms with Crippen molar-refractivity contribution in [2.75, 3.05) is 7.11 Å². The number of pyridine rings is 1. The highest BCUT2D eigenvalue weighted by Gasteiger charge is 2.50. The molecule has 3 aromatic carbocycles. The van der Waals surface area contributed by atoms with Gasteiger partial charge in [-0.1, -0.05) is 36.4 Å². The summed E-state index contributed by atoms with van der Waals surface area (Å²) in [7, 11) is 3.34. The predicted molar refractivity (Wildman–Crippen MR) is 149 cm³/mol. The van der Waals surface area contributed by atoms with Crippen molar-refractivity contribution in [2.45, 2.75) is 51.4 Å². The molecule has 8 heteroatoms. The molecule has 0 saturated carbocycles. The number of carbonyl (C=O) groups is 2. The smallest absolute Gasteiger partial charge is 0.306 e. The topological polar surface area (TPSA) is 93.1 Å². The number of aromatic nitrogens is 1. The molecule has 0 bridgehead atoms. The summed E-state index contributed by atoms with van der Waals surface area (Å²) in [6.45, 7) is 8.48. The van der Waals surface area contributed by atoms with Crippen molar-refractivity contribution in [3.8, 4) is 11.5 Å². The Bertz CT molecular complexity index is 1720. The van der Waals surface area contributed by atoms with Crippen molar-refractivity contribution in [2.24, 2.45) is 7.05 Å². The number of methoxy groups -OCH3 is 1. The normalized spacial score (nSPS) is 17.9. The lowest BCUT2D eigenvalue weighted by Crippen LogP contribution is -2.52. The van der Waals surface area contributed by atoms with Crippen LogP contribution in [-0.2, 0) is 26.1 Å². The number of hydrogen-bond donors (Lipinski definition) is 0. The average molecular weight is 530 g/mol. The lowest BCUT2D eigenvalue weighted by atomic mass is 9.86. The van der Waals surface area contributed by atoms with E-state index in [1.165, 1.54) is 14.0 Å². The van der Waals surface area contributed by atoms with Gasteiger partial charge in [-0.05, 0) is 37.1 Å². The molecule has 8 nitrogen and oxygen atoms in total. The summed E-state index contributed by atoms with van der Waals surface area (Å²) < 4.78 is 25.7. The molecule has 4 aromatic rings. The monoisotopic (exact) mass is 529 g/mol. The van der Waals surface area contributed by atoms with Crippen LogP contribution in [0.15, 0.2) is 59.9 Å². The molecule has 0 aliphatic carbocycles. The molecule has 39 heavy (non-hydrogen) atoms. The maximum Gasteiger partial charge on any atom is 0.306 e. The first-order valence-electron chi connectivity index (χ1n) is 12.8. The number of nitrogens with zero attached hydrogens (tertiary/aromatic N) is 1. The third-order valence-corrected chi connectivity index (χ3v) is 7.27. The van der Waals surface area contributed by atoms with E-state index in [0.717, 1.165) is 10.8 Å². The van der Waals surface area contributed by atoms with E-state index in [2.05, 4.69) is 6.58 Å². The Kier molecular flexibility index (Phi) is 6.58. The van der Waals surface area contributed by atoms with Crippen LogP contribution >= 0.6 is 0 Å². The minimum Gasteiger partial charge on any atom is -0.496 e. The van der Waals surface area contributed by atoms with Gasteiger partial charge in [-0.2, -0.15) is 0 Å². The number of carbonyl (C=O) groups excluding carboxylic acids is 2. The molecule has 5 rings (SSSR count). The molecule has 2 heterocycles. The number of ether oxygens (including phenoxy) is 4. The number of aryl methyl sites for hydroxylation is 1. The number of hydrogen-bond acceptors (Lipinski definition) is 7. The van der Waals surface area contributed by atoms with Crippen molar-refractivity contribution in [3.05, 3.63) is 70.9 Å². The van der Waals surface area contributed by atoms with Crippen LogP contribution in [0.1, 0.15) is 45.3 Å². The van der Waals surface area contributed by atoms with Gasteiger partial charge in [-0.25, -0.2) is 0 Å². The van der Waals surface area contributed by atoms with Crippen LogP contribution < -0.4 is 14.9 Å². The van der Waals surface area contributed by atoms with Crippen molar-refractivity contribution in [3.63, 3.8) is 0 Å². The van der Waals surface area contributed by atoms with E-state index in [9.17, 15) is 14.4 Å². The Morgan fingerprint density at radius 1 is 1.13 bits per heavy atom. The van der Waals surface area contributed by atoms with Crippen molar-refractivity contribution < 1.29 is 28.5 Å². The molecule has 0 spiro atoms. The fourth-order valence-corrected chi connectivity index (χ4v) is 5.53. The highest BCUT2D eigenvalue weighted by Crippen LogP contribution is 2.49. The number of benzene rings is 3. The zero-order valence-corrected chi connectivity index (χ0v) is 22.7. The number of rotatable bonds is 6. The minimum atomic E-state index is -1.07. The van der Waals surface area contributed by atoms with E-state index in [1.807, 2.05) is 48.0 Å². The summed E-state index contributed by atoms with van der Waals surface area (Å²) in [4.78, 5) is 39.4. The van der Waals surface area contributed by atoms with E-state index in [-0.39, 0.29) is 11.8 Å². The Hall–Kier alpha value is -4.33. The van der Waals surface area contributed by atoms with Gasteiger partial charge >= 0.3 is 11.9 Å². The second kappa shape index (κ2) is 9.76. The van der Waals surface area contributed by atoms with E-state index in [1.54, 1.807) is 26.0 Å². The van der Waals surface area contributed by atoms with E-state index < -0.39 is 29.7 Å². The molecule has 0 N–H and O–H groups in total. The van der Waals surface area contributed by atoms with Crippen molar-refractivity contribution in [1.82, 2.24) is 4.57 Å². The highest BCUT2D eigenvalue weighted by molar-refractivity contribution is 6.11. The Morgan fingerprint density at radius 3 is 2.56 bits per heavy atom. The third-order valence-electron chi connectivity index (χ3n) is 7.27. The molecular formula is C31H31NO7.